The summed E-state index contributed by atoms with van der Waals surface area (Å²) in [5, 5.41) is 15.0. The number of nitrogens with zero attached hydrogens (tertiary/aromatic N) is 5. The third-order valence-corrected chi connectivity index (χ3v) is 5.63. The molecule has 1 aromatic carbocycles. The second-order valence-electron chi connectivity index (χ2n) is 6.94. The van der Waals surface area contributed by atoms with E-state index in [1.165, 1.54) is 18.7 Å². The van der Waals surface area contributed by atoms with Gasteiger partial charge in [0.05, 0.1) is 5.25 Å². The van der Waals surface area contributed by atoms with Crippen LogP contribution in [0.2, 0.25) is 0 Å². The minimum absolute atomic E-state index is 0.00419. The molecule has 27 heavy (non-hydrogen) atoms. The lowest BCUT2D eigenvalue weighted by Gasteiger charge is -2.13. The van der Waals surface area contributed by atoms with E-state index in [1.54, 1.807) is 28.9 Å². The summed E-state index contributed by atoms with van der Waals surface area (Å²) in [5.41, 5.74) is 1.27. The number of rotatable bonds is 7. The zero-order valence-electron chi connectivity index (χ0n) is 15.8. The van der Waals surface area contributed by atoms with Gasteiger partial charge in [-0.25, -0.2) is 4.68 Å². The molecular weight excluding hydrogens is 364 g/mol. The molecule has 9 heteroatoms. The van der Waals surface area contributed by atoms with Crippen LogP contribution >= 0.6 is 11.8 Å². The Morgan fingerprint density at radius 2 is 2.07 bits per heavy atom. The van der Waals surface area contributed by atoms with Gasteiger partial charge in [-0.1, -0.05) is 11.8 Å². The molecule has 0 aliphatic carbocycles. The molecule has 1 aliphatic heterocycles. The van der Waals surface area contributed by atoms with Gasteiger partial charge in [-0.15, -0.1) is 5.10 Å². The summed E-state index contributed by atoms with van der Waals surface area (Å²) in [5.74, 6) is 0.396. The third-order valence-electron chi connectivity index (χ3n) is 4.56. The van der Waals surface area contributed by atoms with Crippen LogP contribution in [0, 0.1) is 5.92 Å². The van der Waals surface area contributed by atoms with Crippen molar-refractivity contribution in [2.45, 2.75) is 37.2 Å². The van der Waals surface area contributed by atoms with Crippen molar-refractivity contribution in [2.24, 2.45) is 5.92 Å². The van der Waals surface area contributed by atoms with Gasteiger partial charge in [-0.2, -0.15) is 0 Å². The van der Waals surface area contributed by atoms with Gasteiger partial charge in [0, 0.05) is 31.3 Å². The highest BCUT2D eigenvalue weighted by molar-refractivity contribution is 8.00. The molecule has 0 bridgehead atoms. The van der Waals surface area contributed by atoms with E-state index in [-0.39, 0.29) is 16.9 Å². The van der Waals surface area contributed by atoms with Crippen LogP contribution in [-0.2, 0) is 11.3 Å². The first-order chi connectivity index (χ1) is 12.9. The highest BCUT2D eigenvalue weighted by Crippen LogP contribution is 2.25. The maximum atomic E-state index is 12.7. The maximum absolute atomic E-state index is 12.7. The smallest absolute Gasteiger partial charge is 0.221 e. The lowest BCUT2D eigenvalue weighted by atomic mass is 10.1. The number of likely N-dealkylation sites (tertiary alicyclic amines) is 1. The Bertz CT molecular complexity index is 806. The summed E-state index contributed by atoms with van der Waals surface area (Å²) in [6.07, 6.45) is 1.13. The quantitative estimate of drug-likeness (QED) is 0.572. The van der Waals surface area contributed by atoms with Crippen molar-refractivity contribution in [3.05, 3.63) is 29.8 Å². The van der Waals surface area contributed by atoms with Crippen LogP contribution in [0.3, 0.4) is 0 Å². The summed E-state index contributed by atoms with van der Waals surface area (Å²) < 4.78 is 1.80. The predicted octanol–water partition coefficient (Wildman–Crippen LogP) is 1.95. The fourth-order valence-electron chi connectivity index (χ4n) is 3.18. The van der Waals surface area contributed by atoms with E-state index in [9.17, 15) is 9.59 Å². The van der Waals surface area contributed by atoms with E-state index in [2.05, 4.69) is 32.8 Å². The van der Waals surface area contributed by atoms with Crippen molar-refractivity contribution in [1.82, 2.24) is 25.1 Å². The highest BCUT2D eigenvalue weighted by atomic mass is 32.2. The molecule has 0 unspecified atom stereocenters. The summed E-state index contributed by atoms with van der Waals surface area (Å²) >= 11 is 1.37. The third kappa shape index (κ3) is 5.14. The molecule has 1 aliphatic rings. The number of aromatic nitrogens is 4. The van der Waals surface area contributed by atoms with Gasteiger partial charge in [0.25, 0.3) is 0 Å². The van der Waals surface area contributed by atoms with Crippen molar-refractivity contribution in [2.75, 3.05) is 25.5 Å². The van der Waals surface area contributed by atoms with Crippen molar-refractivity contribution >= 4 is 29.1 Å². The number of Topliss-reactive ketones (excluding diaryl/α,β-unsaturated/α-hetero) is 1. The number of carbonyl (C=O) groups is 2. The van der Waals surface area contributed by atoms with E-state index >= 15 is 0 Å². The van der Waals surface area contributed by atoms with Crippen LogP contribution in [0.4, 0.5) is 5.69 Å². The molecule has 1 saturated heterocycles. The van der Waals surface area contributed by atoms with Crippen molar-refractivity contribution < 1.29 is 9.59 Å². The monoisotopic (exact) mass is 388 g/mol. The van der Waals surface area contributed by atoms with Crippen LogP contribution in [0.25, 0.3) is 0 Å². The van der Waals surface area contributed by atoms with E-state index in [4.69, 9.17) is 0 Å². The average molecular weight is 388 g/mol. The summed E-state index contributed by atoms with van der Waals surface area (Å²) in [4.78, 5) is 26.1. The van der Waals surface area contributed by atoms with Crippen LogP contribution < -0.4 is 5.32 Å². The lowest BCUT2D eigenvalue weighted by Crippen LogP contribution is -2.19. The Morgan fingerprint density at radius 3 is 2.70 bits per heavy atom. The molecule has 0 radical (unpaired) electrons. The topological polar surface area (TPSA) is 93.0 Å². The van der Waals surface area contributed by atoms with Crippen molar-refractivity contribution in [3.63, 3.8) is 0 Å². The minimum Gasteiger partial charge on any atom is -0.326 e. The molecule has 8 nitrogen and oxygen atoms in total. The number of anilines is 1. The molecule has 2 aromatic rings. The van der Waals surface area contributed by atoms with Gasteiger partial charge in [-0.3, -0.25) is 9.59 Å². The fourth-order valence-corrected chi connectivity index (χ4v) is 4.06. The van der Waals surface area contributed by atoms with Gasteiger partial charge in [0.15, 0.2) is 5.78 Å². The zero-order chi connectivity index (χ0) is 19.4. The summed E-state index contributed by atoms with van der Waals surface area (Å²) in [6.45, 7) is 6.21. The van der Waals surface area contributed by atoms with Crippen molar-refractivity contribution in [1.29, 1.82) is 0 Å². The highest BCUT2D eigenvalue weighted by Gasteiger charge is 2.24. The van der Waals surface area contributed by atoms with E-state index in [1.807, 2.05) is 6.92 Å². The predicted molar refractivity (Wildman–Crippen MR) is 104 cm³/mol. The standard InChI is InChI=1S/C18H24N6O2S/c1-12(17(26)15-4-6-16(7-5-15)19-13(2)25)27-18-20-21-22-24(18)11-14-8-9-23(3)10-14/h4-7,12,14H,8-11H2,1-3H3,(H,19,25)/t12-,14-/m1/s1. The van der Waals surface area contributed by atoms with Crippen LogP contribution in [0.1, 0.15) is 30.6 Å². The molecule has 0 spiro atoms. The lowest BCUT2D eigenvalue weighted by molar-refractivity contribution is -0.114. The second-order valence-corrected chi connectivity index (χ2v) is 8.25. The molecule has 144 valence electrons. The molecule has 1 amide bonds. The molecule has 1 aromatic heterocycles. The molecule has 1 fully saturated rings. The Kier molecular flexibility index (Phi) is 6.22. The molecule has 2 atom stereocenters. The van der Waals surface area contributed by atoms with Crippen molar-refractivity contribution in [3.8, 4) is 0 Å². The van der Waals surface area contributed by atoms with E-state index < -0.39 is 0 Å². The molecular formula is C18H24N6O2S. The van der Waals surface area contributed by atoms with Gasteiger partial charge in [0.1, 0.15) is 0 Å². The largest absolute Gasteiger partial charge is 0.326 e. The number of thioether (sulfide) groups is 1. The SMILES string of the molecule is CC(=O)Nc1ccc(C(=O)[C@@H](C)Sc2nnnn2C[C@@H]2CCN(C)C2)cc1. The van der Waals surface area contributed by atoms with Gasteiger partial charge < -0.3 is 10.2 Å². The number of hydrogen-bond donors (Lipinski definition) is 1. The Balaban J connectivity index is 1.61. The number of tetrazole rings is 1. The number of benzene rings is 1. The van der Waals surface area contributed by atoms with E-state index in [0.717, 1.165) is 26.1 Å². The number of ketones is 1. The molecule has 0 saturated carbocycles. The van der Waals surface area contributed by atoms with E-state index in [0.29, 0.717) is 22.3 Å². The number of nitrogens with one attached hydrogen (secondary N) is 1. The Morgan fingerprint density at radius 1 is 1.33 bits per heavy atom. The Labute approximate surface area is 162 Å². The van der Waals surface area contributed by atoms with Crippen LogP contribution in [0.15, 0.2) is 29.4 Å². The number of hydrogen-bond acceptors (Lipinski definition) is 7. The first kappa shape index (κ1) is 19.5. The fraction of sp³-hybridized carbons (Fsp3) is 0.500. The van der Waals surface area contributed by atoms with Gasteiger partial charge in [0.2, 0.25) is 11.1 Å². The maximum Gasteiger partial charge on any atom is 0.221 e. The molecule has 2 heterocycles. The number of carbonyl (C=O) groups excluding carboxylic acids is 2. The Hall–Kier alpha value is -2.26. The second kappa shape index (κ2) is 8.62. The average Bonchev–Trinajstić information content (AvgIpc) is 3.24. The molecule has 3 rings (SSSR count). The summed E-state index contributed by atoms with van der Waals surface area (Å²) in [6, 6.07) is 6.91. The minimum atomic E-state index is -0.312. The van der Waals surface area contributed by atoms with Gasteiger partial charge >= 0.3 is 0 Å². The van der Waals surface area contributed by atoms with Gasteiger partial charge in [-0.05, 0) is 67.5 Å². The molecule has 1 N–H and O–H groups in total. The number of amides is 1. The van der Waals surface area contributed by atoms with Crippen LogP contribution in [-0.4, -0.2) is 62.2 Å². The first-order valence-electron chi connectivity index (χ1n) is 8.95. The zero-order valence-corrected chi connectivity index (χ0v) is 16.6. The summed E-state index contributed by atoms with van der Waals surface area (Å²) in [7, 11) is 2.12. The first-order valence-corrected chi connectivity index (χ1v) is 9.83. The van der Waals surface area contributed by atoms with Crippen LogP contribution in [0.5, 0.6) is 0 Å². The normalized spacial score (nSPS) is 18.4.